The predicted octanol–water partition coefficient (Wildman–Crippen LogP) is 6.40. The van der Waals surface area contributed by atoms with Gasteiger partial charge in [-0.25, -0.2) is 4.98 Å². The second-order valence-corrected chi connectivity index (χ2v) is 9.41. The van der Waals surface area contributed by atoms with Crippen molar-refractivity contribution in [3.63, 3.8) is 0 Å². The van der Waals surface area contributed by atoms with Gasteiger partial charge in [-0.2, -0.15) is 0 Å². The number of nitrogens with zero attached hydrogens (tertiary/aromatic N) is 2. The number of nitrogens with one attached hydrogen (secondary N) is 1. The van der Waals surface area contributed by atoms with Crippen LogP contribution in [0.25, 0.3) is 11.0 Å². The molecule has 0 fully saturated rings. The first-order valence-electron chi connectivity index (χ1n) is 12.8. The van der Waals surface area contributed by atoms with Crippen LogP contribution in [0.4, 0.5) is 0 Å². The lowest BCUT2D eigenvalue weighted by molar-refractivity contribution is -0.120. The number of aromatic nitrogens is 2. The molecule has 4 aromatic rings. The highest BCUT2D eigenvalue weighted by molar-refractivity contribution is 6.30. The minimum atomic E-state index is 0.0233. The number of imidazole rings is 1. The first kappa shape index (κ1) is 25.8. The van der Waals surface area contributed by atoms with Crippen molar-refractivity contribution in [2.45, 2.75) is 52.0 Å². The van der Waals surface area contributed by atoms with Gasteiger partial charge in [0.05, 0.1) is 24.1 Å². The molecule has 3 aromatic carbocycles. The lowest BCUT2D eigenvalue weighted by Crippen LogP contribution is -2.26. The minimum Gasteiger partial charge on any atom is -0.494 e. The Morgan fingerprint density at radius 2 is 1.69 bits per heavy atom. The van der Waals surface area contributed by atoms with E-state index < -0.39 is 0 Å². The second kappa shape index (κ2) is 13.1. The van der Waals surface area contributed by atoms with Crippen LogP contribution in [-0.4, -0.2) is 28.6 Å². The van der Waals surface area contributed by atoms with E-state index in [-0.39, 0.29) is 5.91 Å². The molecule has 188 valence electrons. The van der Waals surface area contributed by atoms with Gasteiger partial charge in [-0.1, -0.05) is 54.9 Å². The van der Waals surface area contributed by atoms with Gasteiger partial charge in [-0.3, -0.25) is 4.79 Å². The molecule has 0 spiro atoms. The SMILES string of the molecule is CCc1ccc(OCCCCn2c(CCCNC(=O)Cc3ccc(Cl)cc3)nc3ccccc32)cc1. The number of para-hydroxylation sites is 2. The molecule has 0 bridgehead atoms. The maximum Gasteiger partial charge on any atom is 0.224 e. The van der Waals surface area contributed by atoms with Gasteiger partial charge in [0.2, 0.25) is 5.91 Å². The van der Waals surface area contributed by atoms with E-state index in [1.165, 1.54) is 5.56 Å². The van der Waals surface area contributed by atoms with Gasteiger partial charge in [0.1, 0.15) is 11.6 Å². The molecule has 0 aliphatic heterocycles. The number of carbonyl (C=O) groups excluding carboxylic acids is 1. The first-order chi connectivity index (χ1) is 17.6. The Morgan fingerprint density at radius 3 is 2.47 bits per heavy atom. The summed E-state index contributed by atoms with van der Waals surface area (Å²) in [4.78, 5) is 17.2. The van der Waals surface area contributed by atoms with Gasteiger partial charge in [-0.05, 0) is 73.2 Å². The third-order valence-corrected chi connectivity index (χ3v) is 6.54. The molecule has 0 saturated heterocycles. The number of halogens is 1. The van der Waals surface area contributed by atoms with E-state index in [0.29, 0.717) is 24.6 Å². The van der Waals surface area contributed by atoms with Gasteiger partial charge in [0, 0.05) is 24.5 Å². The maximum atomic E-state index is 12.3. The van der Waals surface area contributed by atoms with E-state index in [2.05, 4.69) is 59.3 Å². The summed E-state index contributed by atoms with van der Waals surface area (Å²) >= 11 is 5.92. The van der Waals surface area contributed by atoms with E-state index in [1.54, 1.807) is 0 Å². The predicted molar refractivity (Wildman–Crippen MR) is 147 cm³/mol. The second-order valence-electron chi connectivity index (χ2n) is 8.98. The Labute approximate surface area is 218 Å². The summed E-state index contributed by atoms with van der Waals surface area (Å²) in [5.41, 5.74) is 4.46. The van der Waals surface area contributed by atoms with Gasteiger partial charge in [-0.15, -0.1) is 0 Å². The van der Waals surface area contributed by atoms with Gasteiger partial charge in [0.15, 0.2) is 0 Å². The van der Waals surface area contributed by atoms with Crippen molar-refractivity contribution in [1.29, 1.82) is 0 Å². The number of unbranched alkanes of at least 4 members (excludes halogenated alkanes) is 1. The summed E-state index contributed by atoms with van der Waals surface area (Å²) in [6.45, 7) is 4.38. The summed E-state index contributed by atoms with van der Waals surface area (Å²) in [6, 6.07) is 24.0. The molecule has 0 saturated carbocycles. The van der Waals surface area contributed by atoms with Crippen LogP contribution in [0.2, 0.25) is 5.02 Å². The smallest absolute Gasteiger partial charge is 0.224 e. The summed E-state index contributed by atoms with van der Waals surface area (Å²) in [6.07, 6.45) is 5.04. The highest BCUT2D eigenvalue weighted by Crippen LogP contribution is 2.19. The zero-order valence-electron chi connectivity index (χ0n) is 20.9. The average molecular weight is 504 g/mol. The summed E-state index contributed by atoms with van der Waals surface area (Å²) in [5.74, 6) is 2.02. The van der Waals surface area contributed by atoms with Gasteiger partial charge < -0.3 is 14.6 Å². The number of carbonyl (C=O) groups is 1. The molecule has 0 aliphatic rings. The van der Waals surface area contributed by atoms with Crippen molar-refractivity contribution >= 4 is 28.5 Å². The van der Waals surface area contributed by atoms with Crippen molar-refractivity contribution in [3.8, 4) is 5.75 Å². The van der Waals surface area contributed by atoms with Crippen LogP contribution in [0.3, 0.4) is 0 Å². The monoisotopic (exact) mass is 503 g/mol. The quantitative estimate of drug-likeness (QED) is 0.215. The van der Waals surface area contributed by atoms with E-state index in [4.69, 9.17) is 21.3 Å². The van der Waals surface area contributed by atoms with Crippen molar-refractivity contribution in [1.82, 2.24) is 14.9 Å². The molecule has 0 aliphatic carbocycles. The molecule has 1 N–H and O–H groups in total. The lowest BCUT2D eigenvalue weighted by Gasteiger charge is -2.11. The van der Waals surface area contributed by atoms with Crippen LogP contribution in [0, 0.1) is 0 Å². The number of amides is 1. The molecule has 1 amide bonds. The number of hydrogen-bond acceptors (Lipinski definition) is 3. The Morgan fingerprint density at radius 1 is 0.944 bits per heavy atom. The Hall–Kier alpha value is -3.31. The number of fused-ring (bicyclic) bond motifs is 1. The van der Waals surface area contributed by atoms with Crippen molar-refractivity contribution in [2.24, 2.45) is 0 Å². The summed E-state index contributed by atoms with van der Waals surface area (Å²) in [7, 11) is 0. The Balaban J connectivity index is 1.24. The summed E-state index contributed by atoms with van der Waals surface area (Å²) < 4.78 is 8.24. The molecule has 0 radical (unpaired) electrons. The standard InChI is InChI=1S/C30H34ClN3O2/c1-2-23-13-17-26(18-14-23)36-21-6-5-20-34-28-9-4-3-8-27(28)33-29(34)10-7-19-32-30(35)22-24-11-15-25(31)16-12-24/h3-4,8-9,11-18H,2,5-7,10,19-22H2,1H3,(H,32,35). The number of benzene rings is 3. The lowest BCUT2D eigenvalue weighted by atomic mass is 10.1. The van der Waals surface area contributed by atoms with Gasteiger partial charge in [0.25, 0.3) is 0 Å². The van der Waals surface area contributed by atoms with Crippen LogP contribution in [0.1, 0.15) is 43.1 Å². The van der Waals surface area contributed by atoms with E-state index in [1.807, 2.05) is 30.3 Å². The van der Waals surface area contributed by atoms with Crippen LogP contribution in [0.5, 0.6) is 5.75 Å². The maximum absolute atomic E-state index is 12.3. The fraction of sp³-hybridized carbons (Fsp3) is 0.333. The van der Waals surface area contributed by atoms with Gasteiger partial charge >= 0.3 is 0 Å². The topological polar surface area (TPSA) is 56.1 Å². The number of hydrogen-bond donors (Lipinski definition) is 1. The third kappa shape index (κ3) is 7.34. The molecular formula is C30H34ClN3O2. The highest BCUT2D eigenvalue weighted by atomic mass is 35.5. The Kier molecular flexibility index (Phi) is 9.40. The normalized spacial score (nSPS) is 11.1. The molecule has 0 unspecified atom stereocenters. The number of aryl methyl sites for hydroxylation is 3. The molecule has 36 heavy (non-hydrogen) atoms. The fourth-order valence-corrected chi connectivity index (χ4v) is 4.40. The van der Waals surface area contributed by atoms with E-state index in [0.717, 1.165) is 66.8 Å². The van der Waals surface area contributed by atoms with Crippen molar-refractivity contribution in [3.05, 3.63) is 94.8 Å². The van der Waals surface area contributed by atoms with Crippen LogP contribution >= 0.6 is 11.6 Å². The highest BCUT2D eigenvalue weighted by Gasteiger charge is 2.11. The molecular weight excluding hydrogens is 470 g/mol. The zero-order chi connectivity index (χ0) is 25.2. The number of ether oxygens (including phenoxy) is 1. The molecule has 5 nitrogen and oxygen atoms in total. The summed E-state index contributed by atoms with van der Waals surface area (Å²) in [5, 5.41) is 3.70. The minimum absolute atomic E-state index is 0.0233. The molecule has 4 rings (SSSR count). The van der Waals surface area contributed by atoms with Crippen LogP contribution in [-0.2, 0) is 30.6 Å². The van der Waals surface area contributed by atoms with E-state index >= 15 is 0 Å². The molecule has 1 aromatic heterocycles. The van der Waals surface area contributed by atoms with Crippen LogP contribution in [0.15, 0.2) is 72.8 Å². The molecule has 6 heteroatoms. The largest absolute Gasteiger partial charge is 0.494 e. The average Bonchev–Trinajstić information content (AvgIpc) is 3.25. The van der Waals surface area contributed by atoms with Crippen LogP contribution < -0.4 is 10.1 Å². The molecule has 0 atom stereocenters. The Bertz CT molecular complexity index is 1250. The zero-order valence-corrected chi connectivity index (χ0v) is 21.6. The third-order valence-electron chi connectivity index (χ3n) is 6.29. The van der Waals surface area contributed by atoms with E-state index in [9.17, 15) is 4.79 Å². The van der Waals surface area contributed by atoms with Crippen molar-refractivity contribution in [2.75, 3.05) is 13.2 Å². The first-order valence-corrected chi connectivity index (χ1v) is 13.2. The molecule has 1 heterocycles. The van der Waals surface area contributed by atoms with Crippen molar-refractivity contribution < 1.29 is 9.53 Å². The number of rotatable bonds is 13. The fourth-order valence-electron chi connectivity index (χ4n) is 4.27.